The summed E-state index contributed by atoms with van der Waals surface area (Å²) in [5.74, 6) is 1.56. The predicted molar refractivity (Wildman–Crippen MR) is 93.6 cm³/mol. The van der Waals surface area contributed by atoms with E-state index in [9.17, 15) is 0 Å². The third kappa shape index (κ3) is 5.73. The monoisotopic (exact) mass is 314 g/mol. The molecule has 124 valence electrons. The zero-order chi connectivity index (χ0) is 16.5. The van der Waals surface area contributed by atoms with Gasteiger partial charge in [0.2, 0.25) is 0 Å². The number of rotatable bonds is 7. The lowest BCUT2D eigenvalue weighted by Crippen LogP contribution is -2.38. The van der Waals surface area contributed by atoms with Crippen LogP contribution < -0.4 is 10.6 Å². The van der Waals surface area contributed by atoms with Gasteiger partial charge in [-0.05, 0) is 37.0 Å². The molecule has 0 atom stereocenters. The molecule has 6 nitrogen and oxygen atoms in total. The summed E-state index contributed by atoms with van der Waals surface area (Å²) in [4.78, 5) is 8.59. The Morgan fingerprint density at radius 1 is 1.22 bits per heavy atom. The second-order valence-corrected chi connectivity index (χ2v) is 5.81. The molecule has 0 saturated carbocycles. The number of nitrogens with one attached hydrogen (secondary N) is 2. The van der Waals surface area contributed by atoms with E-state index in [1.54, 1.807) is 11.0 Å². The van der Waals surface area contributed by atoms with E-state index >= 15 is 0 Å². The van der Waals surface area contributed by atoms with Gasteiger partial charge in [-0.2, -0.15) is 5.10 Å². The topological polar surface area (TPSA) is 67.1 Å². The van der Waals surface area contributed by atoms with Crippen molar-refractivity contribution >= 4 is 5.96 Å². The van der Waals surface area contributed by atoms with Crippen LogP contribution in [0, 0.1) is 5.92 Å². The zero-order valence-electron chi connectivity index (χ0n) is 14.2. The van der Waals surface area contributed by atoms with Crippen LogP contribution in [0.4, 0.5) is 0 Å². The average molecular weight is 314 g/mol. The molecular weight excluding hydrogens is 288 g/mol. The van der Waals surface area contributed by atoms with Crippen molar-refractivity contribution in [3.05, 3.63) is 42.5 Å². The fraction of sp³-hybridized carbons (Fsp3) is 0.471. The Morgan fingerprint density at radius 2 is 2.00 bits per heavy atom. The first-order valence-corrected chi connectivity index (χ1v) is 8.15. The van der Waals surface area contributed by atoms with Gasteiger partial charge < -0.3 is 10.6 Å². The maximum atomic E-state index is 4.63. The molecule has 1 heterocycles. The summed E-state index contributed by atoms with van der Waals surface area (Å²) in [5, 5.41) is 10.8. The Hall–Kier alpha value is -2.37. The SMILES string of the molecule is CCNC(=NCc1ccc(-n2cncn2)cc1)NCCC(C)C. The highest BCUT2D eigenvalue weighted by Crippen LogP contribution is 2.08. The Balaban J connectivity index is 1.92. The zero-order valence-corrected chi connectivity index (χ0v) is 14.2. The van der Waals surface area contributed by atoms with Crippen molar-refractivity contribution in [3.63, 3.8) is 0 Å². The quantitative estimate of drug-likeness (QED) is 0.608. The molecule has 6 heteroatoms. The third-order valence-corrected chi connectivity index (χ3v) is 3.40. The molecule has 0 aliphatic heterocycles. The lowest BCUT2D eigenvalue weighted by molar-refractivity contribution is 0.573. The van der Waals surface area contributed by atoms with Gasteiger partial charge in [0.05, 0.1) is 12.2 Å². The molecule has 0 radical (unpaired) electrons. The molecule has 0 unspecified atom stereocenters. The van der Waals surface area contributed by atoms with Crippen LogP contribution in [-0.2, 0) is 6.54 Å². The number of hydrogen-bond donors (Lipinski definition) is 2. The number of nitrogens with zero attached hydrogens (tertiary/aromatic N) is 4. The summed E-state index contributed by atoms with van der Waals surface area (Å²) < 4.78 is 1.74. The lowest BCUT2D eigenvalue weighted by atomic mass is 10.1. The van der Waals surface area contributed by atoms with Gasteiger partial charge in [0.1, 0.15) is 12.7 Å². The smallest absolute Gasteiger partial charge is 0.191 e. The van der Waals surface area contributed by atoms with Gasteiger partial charge in [-0.15, -0.1) is 0 Å². The van der Waals surface area contributed by atoms with E-state index in [4.69, 9.17) is 0 Å². The molecule has 0 amide bonds. The first kappa shape index (κ1) is 17.0. The summed E-state index contributed by atoms with van der Waals surface area (Å²) in [6.07, 6.45) is 4.36. The summed E-state index contributed by atoms with van der Waals surface area (Å²) >= 11 is 0. The second-order valence-electron chi connectivity index (χ2n) is 5.81. The van der Waals surface area contributed by atoms with E-state index in [-0.39, 0.29) is 0 Å². The maximum absolute atomic E-state index is 4.63. The third-order valence-electron chi connectivity index (χ3n) is 3.40. The molecule has 1 aromatic carbocycles. The minimum atomic E-state index is 0.647. The Morgan fingerprint density at radius 3 is 2.61 bits per heavy atom. The van der Waals surface area contributed by atoms with Gasteiger partial charge in [0.25, 0.3) is 0 Å². The fourth-order valence-corrected chi connectivity index (χ4v) is 2.09. The van der Waals surface area contributed by atoms with Gasteiger partial charge in [-0.25, -0.2) is 14.7 Å². The first-order valence-electron chi connectivity index (χ1n) is 8.15. The highest BCUT2D eigenvalue weighted by Gasteiger charge is 2.00. The van der Waals surface area contributed by atoms with Crippen molar-refractivity contribution in [2.45, 2.75) is 33.7 Å². The van der Waals surface area contributed by atoms with Crippen LogP contribution in [0.3, 0.4) is 0 Å². The van der Waals surface area contributed by atoms with E-state index in [0.29, 0.717) is 12.5 Å². The first-order chi connectivity index (χ1) is 11.2. The highest BCUT2D eigenvalue weighted by molar-refractivity contribution is 5.79. The van der Waals surface area contributed by atoms with Crippen LogP contribution in [0.1, 0.15) is 32.8 Å². The lowest BCUT2D eigenvalue weighted by Gasteiger charge is -2.12. The van der Waals surface area contributed by atoms with Crippen molar-refractivity contribution in [1.29, 1.82) is 0 Å². The molecule has 0 spiro atoms. The molecule has 23 heavy (non-hydrogen) atoms. The van der Waals surface area contributed by atoms with Gasteiger partial charge in [0.15, 0.2) is 5.96 Å². The number of hydrogen-bond acceptors (Lipinski definition) is 3. The van der Waals surface area contributed by atoms with Crippen LogP contribution in [0.5, 0.6) is 0 Å². The number of aliphatic imine (C=N–C) groups is 1. The van der Waals surface area contributed by atoms with Crippen molar-refractivity contribution in [2.75, 3.05) is 13.1 Å². The van der Waals surface area contributed by atoms with Crippen LogP contribution in [-0.4, -0.2) is 33.8 Å². The van der Waals surface area contributed by atoms with E-state index in [2.05, 4.69) is 58.6 Å². The van der Waals surface area contributed by atoms with Gasteiger partial charge >= 0.3 is 0 Å². The van der Waals surface area contributed by atoms with Crippen LogP contribution in [0.2, 0.25) is 0 Å². The van der Waals surface area contributed by atoms with E-state index < -0.39 is 0 Å². The molecule has 0 aliphatic rings. The molecule has 2 rings (SSSR count). The number of aromatic nitrogens is 3. The number of guanidine groups is 1. The van der Waals surface area contributed by atoms with Crippen molar-refractivity contribution in [3.8, 4) is 5.69 Å². The van der Waals surface area contributed by atoms with Crippen LogP contribution in [0.15, 0.2) is 41.9 Å². The molecule has 2 N–H and O–H groups in total. The molecule has 1 aromatic heterocycles. The largest absolute Gasteiger partial charge is 0.357 e. The highest BCUT2D eigenvalue weighted by atomic mass is 15.3. The Labute approximate surface area is 138 Å². The minimum Gasteiger partial charge on any atom is -0.357 e. The summed E-state index contributed by atoms with van der Waals surface area (Å²) in [6, 6.07) is 8.19. The average Bonchev–Trinajstić information content (AvgIpc) is 3.07. The van der Waals surface area contributed by atoms with Crippen LogP contribution >= 0.6 is 0 Å². The summed E-state index contributed by atoms with van der Waals surface area (Å²) in [5.41, 5.74) is 2.16. The number of benzene rings is 1. The van der Waals surface area contributed by atoms with Crippen molar-refractivity contribution in [2.24, 2.45) is 10.9 Å². The van der Waals surface area contributed by atoms with E-state index in [1.165, 1.54) is 6.33 Å². The van der Waals surface area contributed by atoms with Crippen molar-refractivity contribution in [1.82, 2.24) is 25.4 Å². The standard InChI is InChI=1S/C17H26N6/c1-4-19-17(20-10-9-14(2)3)21-11-15-5-7-16(8-6-15)23-13-18-12-22-23/h5-8,12-14H,4,9-11H2,1-3H3,(H2,19,20,21). The predicted octanol–water partition coefficient (Wildman–Crippen LogP) is 2.37. The van der Waals surface area contributed by atoms with Crippen LogP contribution in [0.25, 0.3) is 5.69 Å². The van der Waals surface area contributed by atoms with Gasteiger partial charge in [0, 0.05) is 13.1 Å². The van der Waals surface area contributed by atoms with Gasteiger partial charge in [-0.3, -0.25) is 0 Å². The minimum absolute atomic E-state index is 0.647. The summed E-state index contributed by atoms with van der Waals surface area (Å²) in [6.45, 7) is 8.97. The molecule has 0 saturated heterocycles. The molecule has 0 fully saturated rings. The van der Waals surface area contributed by atoms with Crippen molar-refractivity contribution < 1.29 is 0 Å². The van der Waals surface area contributed by atoms with E-state index in [0.717, 1.165) is 36.7 Å². The fourth-order valence-electron chi connectivity index (χ4n) is 2.09. The maximum Gasteiger partial charge on any atom is 0.191 e. The molecular formula is C17H26N6. The molecule has 0 bridgehead atoms. The Bertz CT molecular complexity index is 586. The molecule has 0 aliphatic carbocycles. The van der Waals surface area contributed by atoms with E-state index in [1.807, 2.05) is 12.1 Å². The Kier molecular flexibility index (Phi) is 6.59. The normalized spacial score (nSPS) is 11.7. The second kappa shape index (κ2) is 8.92. The van der Waals surface area contributed by atoms with Gasteiger partial charge in [-0.1, -0.05) is 26.0 Å². The summed E-state index contributed by atoms with van der Waals surface area (Å²) in [7, 11) is 0. The molecule has 2 aromatic rings.